The first-order chi connectivity index (χ1) is 26.5. The number of benzene rings is 2. The van der Waals surface area contributed by atoms with Crippen molar-refractivity contribution in [1.82, 2.24) is 20.0 Å². The lowest BCUT2D eigenvalue weighted by atomic mass is 10.0. The molecule has 2 aromatic carbocycles. The minimum atomic E-state index is -3.11. The molecule has 2 heterocycles. The summed E-state index contributed by atoms with van der Waals surface area (Å²) in [4.78, 5) is 33.3. The number of hydrogen-bond acceptors (Lipinski definition) is 9. The average Bonchev–Trinajstić information content (AvgIpc) is 3.78. The van der Waals surface area contributed by atoms with Crippen LogP contribution < -0.4 is 16.1 Å². The molecule has 1 fully saturated rings. The van der Waals surface area contributed by atoms with Crippen LogP contribution in [0.3, 0.4) is 0 Å². The van der Waals surface area contributed by atoms with E-state index in [1.165, 1.54) is 43.4 Å². The molecule has 3 N–H and O–H groups in total. The van der Waals surface area contributed by atoms with E-state index in [1.807, 2.05) is 7.05 Å². The Labute approximate surface area is 327 Å². The van der Waals surface area contributed by atoms with Crippen molar-refractivity contribution in [3.8, 4) is 24.0 Å². The van der Waals surface area contributed by atoms with Gasteiger partial charge in [0.1, 0.15) is 12.9 Å². The number of anilines is 1. The number of ether oxygens (including phenoxy) is 1. The van der Waals surface area contributed by atoms with Crippen LogP contribution in [0.25, 0.3) is 11.1 Å². The molecule has 0 spiro atoms. The number of halogens is 7. The molecule has 1 aliphatic carbocycles. The lowest BCUT2D eigenvalue weighted by molar-refractivity contribution is -0.135. The van der Waals surface area contributed by atoms with Crippen LogP contribution in [0.15, 0.2) is 69.9 Å². The van der Waals surface area contributed by atoms with Gasteiger partial charge in [0.2, 0.25) is 6.93 Å². The summed E-state index contributed by atoms with van der Waals surface area (Å²) in [5.74, 6) is -0.797. The molecule has 2 aliphatic rings. The molecule has 19 heteroatoms. The standard InChI is InChI=1S/C25H21ClF4N8O3.C5H12.C4H9N.C2H2.CH2F2/c1-32-12-34-38(24(29)30)19-8-16(6-7-18(19)26)20(11-41-13-39)37-22(40)21(35-25(37)31)15-4-2-14(3-5-15)17-9-33-36(10-17)23(27)28;1-5(2,3)4;1-5-4-2-3-4;1-2;2-1-3/h2-10,12-13,20-21,23-24H,1,11H2,(H2,31,35);1-4H3;4-5H,2-3H2,1H3;1-2H;1H2/b34-12-;;;;/t20-,21-;;;;/m1..../s1. The van der Waals surface area contributed by atoms with Gasteiger partial charge in [-0.15, -0.1) is 12.8 Å². The summed E-state index contributed by atoms with van der Waals surface area (Å²) in [6, 6.07) is 9.13. The topological polar surface area (TPSA) is 143 Å². The highest BCUT2D eigenvalue weighted by Crippen LogP contribution is 2.37. The number of amides is 1. The Morgan fingerprint density at radius 2 is 1.70 bits per heavy atom. The molecule has 0 radical (unpaired) electrons. The lowest BCUT2D eigenvalue weighted by Gasteiger charge is -2.28. The van der Waals surface area contributed by atoms with Crippen molar-refractivity contribution in [3.63, 3.8) is 0 Å². The van der Waals surface area contributed by atoms with E-state index < -0.39 is 44.6 Å². The number of aromatic nitrogens is 2. The van der Waals surface area contributed by atoms with Crippen molar-refractivity contribution in [3.05, 3.63) is 71.0 Å². The number of rotatable bonds is 13. The predicted octanol–water partition coefficient (Wildman–Crippen LogP) is 7.94. The van der Waals surface area contributed by atoms with Gasteiger partial charge in [-0.05, 0) is 60.8 Å². The Hall–Kier alpha value is -5.41. The zero-order valence-corrected chi connectivity index (χ0v) is 32.3. The van der Waals surface area contributed by atoms with Gasteiger partial charge in [-0.2, -0.15) is 27.8 Å². The van der Waals surface area contributed by atoms with Crippen molar-refractivity contribution in [2.45, 2.75) is 71.8 Å². The number of hydrogen-bond donors (Lipinski definition) is 2. The highest BCUT2D eigenvalue weighted by molar-refractivity contribution is 6.33. The summed E-state index contributed by atoms with van der Waals surface area (Å²) in [5.41, 5.74) is 8.09. The summed E-state index contributed by atoms with van der Waals surface area (Å²) >= 11 is 6.16. The van der Waals surface area contributed by atoms with E-state index in [1.54, 1.807) is 24.3 Å². The summed E-state index contributed by atoms with van der Waals surface area (Å²) in [6.45, 7) is 4.04. The van der Waals surface area contributed by atoms with E-state index in [4.69, 9.17) is 22.1 Å². The molecule has 56 heavy (non-hydrogen) atoms. The first-order valence-corrected chi connectivity index (χ1v) is 17.0. The molecule has 3 aromatic rings. The Morgan fingerprint density at radius 1 is 1.11 bits per heavy atom. The van der Waals surface area contributed by atoms with Gasteiger partial charge < -0.3 is 15.8 Å². The third-order valence-electron chi connectivity index (χ3n) is 7.00. The van der Waals surface area contributed by atoms with Crippen molar-refractivity contribution in [2.75, 3.05) is 25.6 Å². The van der Waals surface area contributed by atoms with E-state index in [-0.39, 0.29) is 28.7 Å². The Kier molecular flexibility index (Phi) is 21.0. The van der Waals surface area contributed by atoms with Gasteiger partial charge in [-0.25, -0.2) is 23.5 Å². The van der Waals surface area contributed by atoms with Crippen LogP contribution >= 0.6 is 11.6 Å². The van der Waals surface area contributed by atoms with Gasteiger partial charge in [0.25, 0.3) is 12.4 Å². The molecule has 1 aliphatic heterocycles. The highest BCUT2D eigenvalue weighted by Gasteiger charge is 2.40. The minimum absolute atomic E-state index is 0.0863. The summed E-state index contributed by atoms with van der Waals surface area (Å²) in [6.07, 6.45) is 14.1. The maximum atomic E-state index is 13.7. The second-order valence-corrected chi connectivity index (χ2v) is 13.5. The maximum absolute atomic E-state index is 13.7. The number of guanidine groups is 1. The molecule has 0 unspecified atom stereocenters. The molecule has 0 bridgehead atoms. The first kappa shape index (κ1) is 48.6. The van der Waals surface area contributed by atoms with Gasteiger partial charge >= 0.3 is 13.1 Å². The number of alkyl halides is 6. The van der Waals surface area contributed by atoms with Crippen molar-refractivity contribution in [1.29, 1.82) is 0 Å². The number of aliphatic imine (C=N–C) groups is 2. The zero-order chi connectivity index (χ0) is 42.6. The van der Waals surface area contributed by atoms with Gasteiger partial charge in [0.15, 0.2) is 12.0 Å². The zero-order valence-electron chi connectivity index (χ0n) is 31.5. The van der Waals surface area contributed by atoms with E-state index in [0.717, 1.165) is 17.3 Å². The predicted molar refractivity (Wildman–Crippen MR) is 207 cm³/mol. The fourth-order valence-electron chi connectivity index (χ4n) is 4.52. The summed E-state index contributed by atoms with van der Waals surface area (Å²) in [5, 5.41) is 10.5. The van der Waals surface area contributed by atoms with Gasteiger partial charge in [0, 0.05) is 17.8 Å². The second kappa shape index (κ2) is 24.2. The molecule has 1 saturated carbocycles. The highest BCUT2D eigenvalue weighted by atomic mass is 35.5. The number of nitrogens with one attached hydrogen (secondary N) is 1. The summed E-state index contributed by atoms with van der Waals surface area (Å²) in [7, 11) is 2.01. The fraction of sp³-hybridized carbons (Fsp3) is 0.405. The number of carbonyl (C=O) groups excluding carboxylic acids is 2. The van der Waals surface area contributed by atoms with Crippen LogP contribution in [0.4, 0.5) is 32.0 Å². The van der Waals surface area contributed by atoms with Crippen LogP contribution in [-0.2, 0) is 14.3 Å². The van der Waals surface area contributed by atoms with Crippen LogP contribution in [0, 0.1) is 18.3 Å². The number of carbonyl (C=O) groups is 2. The molecule has 2 atom stereocenters. The van der Waals surface area contributed by atoms with Crippen molar-refractivity contribution in [2.24, 2.45) is 26.2 Å². The van der Waals surface area contributed by atoms with Gasteiger partial charge in [-0.1, -0.05) is 69.6 Å². The van der Waals surface area contributed by atoms with Crippen molar-refractivity contribution < 1.29 is 40.7 Å². The third kappa shape index (κ3) is 15.7. The molecule has 0 saturated heterocycles. The molecular weight excluding hydrogens is 768 g/mol. The van der Waals surface area contributed by atoms with Crippen LogP contribution in [-0.4, -0.2) is 79.2 Å². The normalized spacial score (nSPS) is 15.2. The van der Waals surface area contributed by atoms with Crippen LogP contribution in [0.5, 0.6) is 0 Å². The number of terminal acetylenes is 1. The molecule has 1 amide bonds. The van der Waals surface area contributed by atoms with Gasteiger partial charge in [-0.3, -0.25) is 19.5 Å². The maximum Gasteiger partial charge on any atom is 0.333 e. The fourth-order valence-corrected chi connectivity index (χ4v) is 4.73. The van der Waals surface area contributed by atoms with E-state index >= 15 is 0 Å². The largest absolute Gasteiger partial charge is 0.465 e. The molecule has 306 valence electrons. The monoisotopic (exact) mass is 813 g/mol. The molecule has 1 aromatic heterocycles. The minimum Gasteiger partial charge on any atom is -0.465 e. The van der Waals surface area contributed by atoms with Crippen LogP contribution in [0.1, 0.15) is 70.3 Å². The van der Waals surface area contributed by atoms with Crippen LogP contribution in [0.2, 0.25) is 5.02 Å². The summed E-state index contributed by atoms with van der Waals surface area (Å²) < 4.78 is 77.9. The first-order valence-electron chi connectivity index (χ1n) is 16.6. The lowest BCUT2D eigenvalue weighted by Crippen LogP contribution is -2.42. The Bertz CT molecular complexity index is 1740. The average molecular weight is 814 g/mol. The molecule has 5 rings (SSSR count). The van der Waals surface area contributed by atoms with Gasteiger partial charge in [0.05, 0.1) is 22.9 Å². The Morgan fingerprint density at radius 3 is 2.14 bits per heavy atom. The van der Waals surface area contributed by atoms with Crippen molar-refractivity contribution >= 4 is 48.7 Å². The third-order valence-corrected chi connectivity index (χ3v) is 7.32. The number of hydrazone groups is 1. The smallest absolute Gasteiger partial charge is 0.333 e. The van der Waals surface area contributed by atoms with E-state index in [2.05, 4.69) is 72.8 Å². The molecule has 12 nitrogen and oxygen atoms in total. The van der Waals surface area contributed by atoms with E-state index in [9.17, 15) is 35.9 Å². The number of nitrogens with two attached hydrogens (primary N) is 1. The van der Waals surface area contributed by atoms with E-state index in [0.29, 0.717) is 31.8 Å². The quantitative estimate of drug-likeness (QED) is 0.0340. The Balaban J connectivity index is 0.000000886. The SMILES string of the molecule is C#C.C=N/C=N\N(c1cc([C@@H](COC=O)N2C(=O)[C@@H](c3ccc(-c4cnn(C(F)F)c4)cc3)N=C2N)ccc1Cl)C(F)F.CC(C)(C)C.CNC1CC1.FCF. The molecular formula is C37H46ClF6N9O3. The number of nitrogens with zero attached hydrogens (tertiary/aromatic N) is 7. The second-order valence-electron chi connectivity index (χ2n) is 13.1.